The van der Waals surface area contributed by atoms with Crippen molar-refractivity contribution in [3.63, 3.8) is 0 Å². The second-order valence-corrected chi connectivity index (χ2v) is 6.00. The van der Waals surface area contributed by atoms with Gasteiger partial charge in [-0.15, -0.1) is 0 Å². The molecule has 2 fully saturated rings. The Balaban J connectivity index is 1.94. The summed E-state index contributed by atoms with van der Waals surface area (Å²) >= 11 is 0. The fourth-order valence-corrected chi connectivity index (χ4v) is 3.99. The third kappa shape index (κ3) is 1.90. The van der Waals surface area contributed by atoms with E-state index in [1.807, 2.05) is 6.07 Å². The van der Waals surface area contributed by atoms with E-state index in [2.05, 4.69) is 24.3 Å². The Hall–Kier alpha value is -1.11. The van der Waals surface area contributed by atoms with Gasteiger partial charge in [-0.3, -0.25) is 4.79 Å². The lowest BCUT2D eigenvalue weighted by atomic mass is 9.71. The predicted octanol–water partition coefficient (Wildman–Crippen LogP) is 4.26. The van der Waals surface area contributed by atoms with E-state index in [-0.39, 0.29) is 5.41 Å². The van der Waals surface area contributed by atoms with E-state index in [0.29, 0.717) is 11.7 Å². The maximum absolute atomic E-state index is 13.0. The van der Waals surface area contributed by atoms with Crippen molar-refractivity contribution in [2.45, 2.75) is 56.8 Å². The van der Waals surface area contributed by atoms with Crippen LogP contribution in [0.2, 0.25) is 0 Å². The highest BCUT2D eigenvalue weighted by atomic mass is 16.1. The lowest BCUT2D eigenvalue weighted by Crippen LogP contribution is -2.37. The van der Waals surface area contributed by atoms with Crippen molar-refractivity contribution < 1.29 is 4.79 Å². The largest absolute Gasteiger partial charge is 0.298 e. The van der Waals surface area contributed by atoms with Crippen LogP contribution in [0.15, 0.2) is 30.3 Å². The number of ketones is 1. The molecule has 2 aliphatic carbocycles. The lowest BCUT2D eigenvalue weighted by Gasteiger charge is -2.31. The van der Waals surface area contributed by atoms with E-state index in [1.165, 1.54) is 31.2 Å². The molecule has 96 valence electrons. The van der Waals surface area contributed by atoms with Crippen molar-refractivity contribution in [3.05, 3.63) is 35.9 Å². The lowest BCUT2D eigenvalue weighted by molar-refractivity contribution is -0.128. The van der Waals surface area contributed by atoms with E-state index in [4.69, 9.17) is 0 Å². The molecule has 1 heteroatoms. The van der Waals surface area contributed by atoms with Crippen LogP contribution in [0.1, 0.15) is 56.9 Å². The molecule has 0 amide bonds. The summed E-state index contributed by atoms with van der Waals surface area (Å²) in [5, 5.41) is 0. The van der Waals surface area contributed by atoms with Crippen LogP contribution in [0.25, 0.3) is 0 Å². The zero-order valence-corrected chi connectivity index (χ0v) is 11.0. The zero-order valence-electron chi connectivity index (χ0n) is 11.0. The van der Waals surface area contributed by atoms with Gasteiger partial charge in [0.05, 0.1) is 5.41 Å². The van der Waals surface area contributed by atoms with Crippen LogP contribution < -0.4 is 0 Å². The highest BCUT2D eigenvalue weighted by Crippen LogP contribution is 2.45. The fourth-order valence-electron chi connectivity index (χ4n) is 3.99. The van der Waals surface area contributed by atoms with Gasteiger partial charge in [-0.1, -0.05) is 56.0 Å². The van der Waals surface area contributed by atoms with E-state index >= 15 is 0 Å². The van der Waals surface area contributed by atoms with Gasteiger partial charge >= 0.3 is 0 Å². The topological polar surface area (TPSA) is 17.1 Å². The smallest absolute Gasteiger partial charge is 0.146 e. The molecule has 0 aliphatic heterocycles. The summed E-state index contributed by atoms with van der Waals surface area (Å²) < 4.78 is 0. The summed E-state index contributed by atoms with van der Waals surface area (Å²) in [5.74, 6) is 0.909. The predicted molar refractivity (Wildman–Crippen MR) is 73.6 cm³/mol. The first kappa shape index (κ1) is 12.0. The van der Waals surface area contributed by atoms with E-state index in [0.717, 1.165) is 25.7 Å². The van der Waals surface area contributed by atoms with Crippen LogP contribution in [-0.4, -0.2) is 5.78 Å². The van der Waals surface area contributed by atoms with Gasteiger partial charge in [0.15, 0.2) is 0 Å². The van der Waals surface area contributed by atoms with Crippen LogP contribution in [0, 0.1) is 5.92 Å². The Labute approximate surface area is 110 Å². The average molecular weight is 242 g/mol. The molecule has 0 heterocycles. The maximum Gasteiger partial charge on any atom is 0.146 e. The SMILES string of the molecule is O=C(C1CCCC1)C1(c2ccccc2)CCCC1. The number of carbonyl (C=O) groups excluding carboxylic acids is 1. The highest BCUT2D eigenvalue weighted by molar-refractivity contribution is 5.92. The molecule has 0 bridgehead atoms. The summed E-state index contributed by atoms with van der Waals surface area (Å²) in [4.78, 5) is 13.0. The number of hydrogen-bond donors (Lipinski definition) is 0. The quantitative estimate of drug-likeness (QED) is 0.774. The summed E-state index contributed by atoms with van der Waals surface area (Å²) in [5.41, 5.74) is 1.15. The summed E-state index contributed by atoms with van der Waals surface area (Å²) in [6.45, 7) is 0. The molecule has 2 saturated carbocycles. The molecule has 1 nitrogen and oxygen atoms in total. The molecule has 2 aliphatic rings. The van der Waals surface area contributed by atoms with Crippen molar-refractivity contribution in [2.75, 3.05) is 0 Å². The second kappa shape index (κ2) is 4.87. The minimum Gasteiger partial charge on any atom is -0.298 e. The monoisotopic (exact) mass is 242 g/mol. The van der Waals surface area contributed by atoms with Crippen molar-refractivity contribution in [1.29, 1.82) is 0 Å². The van der Waals surface area contributed by atoms with Gasteiger partial charge in [-0.2, -0.15) is 0 Å². The van der Waals surface area contributed by atoms with Gasteiger partial charge in [0.2, 0.25) is 0 Å². The number of Topliss-reactive ketones (excluding diaryl/α,β-unsaturated/α-hetero) is 1. The number of benzene rings is 1. The first-order valence-electron chi connectivity index (χ1n) is 7.43. The van der Waals surface area contributed by atoms with Crippen molar-refractivity contribution in [3.8, 4) is 0 Å². The number of hydrogen-bond acceptors (Lipinski definition) is 1. The molecule has 0 saturated heterocycles. The zero-order chi connectivity index (χ0) is 12.4. The number of carbonyl (C=O) groups is 1. The third-order valence-electron chi connectivity index (χ3n) is 4.98. The number of rotatable bonds is 3. The van der Waals surface area contributed by atoms with Gasteiger partial charge in [-0.05, 0) is 31.2 Å². The molecule has 0 N–H and O–H groups in total. The summed E-state index contributed by atoms with van der Waals surface area (Å²) in [6.07, 6.45) is 9.35. The molecule has 0 aromatic heterocycles. The third-order valence-corrected chi connectivity index (χ3v) is 4.98. The first-order valence-corrected chi connectivity index (χ1v) is 7.43. The van der Waals surface area contributed by atoms with Crippen LogP contribution in [0.4, 0.5) is 0 Å². The van der Waals surface area contributed by atoms with Gasteiger partial charge in [-0.25, -0.2) is 0 Å². The standard InChI is InChI=1S/C17H22O/c18-16(14-8-4-5-9-14)17(12-6-7-13-17)15-10-2-1-3-11-15/h1-3,10-11,14H,4-9,12-13H2. The molecule has 18 heavy (non-hydrogen) atoms. The van der Waals surface area contributed by atoms with Crippen molar-refractivity contribution in [2.24, 2.45) is 5.92 Å². The molecular weight excluding hydrogens is 220 g/mol. The molecule has 0 unspecified atom stereocenters. The van der Waals surface area contributed by atoms with Crippen LogP contribution >= 0.6 is 0 Å². The molecular formula is C17H22O. The van der Waals surface area contributed by atoms with Crippen LogP contribution in [-0.2, 0) is 10.2 Å². The van der Waals surface area contributed by atoms with E-state index in [1.54, 1.807) is 0 Å². The van der Waals surface area contributed by atoms with Gasteiger partial charge < -0.3 is 0 Å². The van der Waals surface area contributed by atoms with Gasteiger partial charge in [0.1, 0.15) is 5.78 Å². The van der Waals surface area contributed by atoms with Crippen molar-refractivity contribution >= 4 is 5.78 Å². The second-order valence-electron chi connectivity index (χ2n) is 6.00. The Morgan fingerprint density at radius 2 is 1.56 bits per heavy atom. The molecule has 1 aromatic rings. The first-order chi connectivity index (χ1) is 8.83. The highest BCUT2D eigenvalue weighted by Gasteiger charge is 2.45. The fraction of sp³-hybridized carbons (Fsp3) is 0.588. The van der Waals surface area contributed by atoms with Gasteiger partial charge in [0.25, 0.3) is 0 Å². The molecule has 0 radical (unpaired) electrons. The maximum atomic E-state index is 13.0. The van der Waals surface area contributed by atoms with Gasteiger partial charge in [0, 0.05) is 5.92 Å². The minimum atomic E-state index is -0.129. The summed E-state index contributed by atoms with van der Waals surface area (Å²) in [7, 11) is 0. The average Bonchev–Trinajstić information content (AvgIpc) is 3.11. The van der Waals surface area contributed by atoms with Crippen molar-refractivity contribution in [1.82, 2.24) is 0 Å². The van der Waals surface area contributed by atoms with E-state index < -0.39 is 0 Å². The van der Waals surface area contributed by atoms with E-state index in [9.17, 15) is 4.79 Å². The van der Waals surface area contributed by atoms with Crippen LogP contribution in [0.3, 0.4) is 0 Å². The Morgan fingerprint density at radius 1 is 0.944 bits per heavy atom. The molecule has 1 aromatic carbocycles. The Bertz CT molecular complexity index is 408. The summed E-state index contributed by atoms with van der Waals surface area (Å²) in [6, 6.07) is 10.5. The Kier molecular flexibility index (Phi) is 3.23. The minimum absolute atomic E-state index is 0.129. The molecule has 0 atom stereocenters. The molecule has 3 rings (SSSR count). The van der Waals surface area contributed by atoms with Crippen LogP contribution in [0.5, 0.6) is 0 Å². The Morgan fingerprint density at radius 3 is 2.17 bits per heavy atom. The molecule has 0 spiro atoms. The normalized spacial score (nSPS) is 23.3.